The average molecular weight is 313 g/mol. The molecule has 1 aromatic rings. The van der Waals surface area contributed by atoms with Crippen molar-refractivity contribution in [2.45, 2.75) is 64.4 Å². The minimum Gasteiger partial charge on any atom is -0.332 e. The van der Waals surface area contributed by atoms with Crippen LogP contribution in [0.1, 0.15) is 52.8 Å². The first kappa shape index (κ1) is 16.5. The van der Waals surface area contributed by atoms with Crippen molar-refractivity contribution in [3.63, 3.8) is 0 Å². The van der Waals surface area contributed by atoms with Gasteiger partial charge in [0.05, 0.1) is 6.20 Å². The van der Waals surface area contributed by atoms with Crippen LogP contribution in [0.25, 0.3) is 0 Å². The maximum atomic E-state index is 12.5. The van der Waals surface area contributed by atoms with Crippen LogP contribution in [0.4, 0.5) is 0 Å². The lowest BCUT2D eigenvalue weighted by atomic mass is 9.74. The highest BCUT2D eigenvalue weighted by atomic mass is 32.2. The lowest BCUT2D eigenvalue weighted by Gasteiger charge is -2.37. The maximum absolute atomic E-state index is 12.5. The molecule has 1 fully saturated rings. The molecule has 21 heavy (non-hydrogen) atoms. The fraction of sp³-hybridized carbons (Fsp3) is 0.800. The normalized spacial score (nSPS) is 27.2. The van der Waals surface area contributed by atoms with Crippen LogP contribution in [-0.4, -0.2) is 24.4 Å². The minimum absolute atomic E-state index is 0.0205. The lowest BCUT2D eigenvalue weighted by molar-refractivity contribution is 0.187. The van der Waals surface area contributed by atoms with Crippen LogP contribution < -0.4 is 4.72 Å². The minimum atomic E-state index is -3.51. The summed E-state index contributed by atoms with van der Waals surface area (Å²) in [6, 6.07) is 0.0205. The van der Waals surface area contributed by atoms with Crippen molar-refractivity contribution < 1.29 is 8.42 Å². The van der Waals surface area contributed by atoms with Crippen LogP contribution in [0.2, 0.25) is 0 Å². The third kappa shape index (κ3) is 3.86. The van der Waals surface area contributed by atoms with Gasteiger partial charge in [0.25, 0.3) is 10.0 Å². The largest absolute Gasteiger partial charge is 0.332 e. The second kappa shape index (κ2) is 6.48. The number of aromatic nitrogens is 2. The molecule has 6 heteroatoms. The third-order valence-electron chi connectivity index (χ3n) is 4.56. The molecule has 3 atom stereocenters. The summed E-state index contributed by atoms with van der Waals surface area (Å²) in [4.78, 5) is 6.97. The Morgan fingerprint density at radius 2 is 2.14 bits per heavy atom. The molecule has 0 spiro atoms. The number of hydrogen-bond donors (Lipinski definition) is 2. The number of imidazole rings is 1. The van der Waals surface area contributed by atoms with E-state index in [1.165, 1.54) is 12.6 Å². The Kier molecular flexibility index (Phi) is 5.09. The summed E-state index contributed by atoms with van der Waals surface area (Å²) in [5.74, 6) is 2.16. The Bertz CT molecular complexity index is 565. The van der Waals surface area contributed by atoms with Crippen LogP contribution in [-0.2, 0) is 16.4 Å². The van der Waals surface area contributed by atoms with Crippen molar-refractivity contribution in [2.75, 3.05) is 0 Å². The van der Waals surface area contributed by atoms with Gasteiger partial charge < -0.3 is 4.98 Å². The first-order chi connectivity index (χ1) is 9.83. The van der Waals surface area contributed by atoms with Crippen LogP contribution in [0.15, 0.2) is 11.2 Å². The molecule has 2 rings (SSSR count). The zero-order valence-corrected chi connectivity index (χ0v) is 14.2. The van der Waals surface area contributed by atoms with E-state index in [1.54, 1.807) is 0 Å². The SMILES string of the molecule is CCc1ncc(S(=O)(=O)NC2CC(C)CCC2C(C)C)[nH]1. The van der Waals surface area contributed by atoms with E-state index in [-0.39, 0.29) is 11.1 Å². The molecule has 1 aromatic heterocycles. The molecule has 2 N–H and O–H groups in total. The number of aryl methyl sites for hydroxylation is 1. The highest BCUT2D eigenvalue weighted by Crippen LogP contribution is 2.34. The predicted molar refractivity (Wildman–Crippen MR) is 83.4 cm³/mol. The van der Waals surface area contributed by atoms with Gasteiger partial charge in [0.15, 0.2) is 5.03 Å². The molecule has 3 unspecified atom stereocenters. The Balaban J connectivity index is 2.16. The Labute approximate surface area is 128 Å². The molecule has 120 valence electrons. The zero-order valence-electron chi connectivity index (χ0n) is 13.4. The molecule has 0 bridgehead atoms. The molecular formula is C15H27N3O2S. The number of sulfonamides is 1. The first-order valence-corrected chi connectivity index (χ1v) is 9.38. The highest BCUT2D eigenvalue weighted by molar-refractivity contribution is 7.89. The van der Waals surface area contributed by atoms with Crippen molar-refractivity contribution in [3.05, 3.63) is 12.0 Å². The molecule has 1 aliphatic carbocycles. The monoisotopic (exact) mass is 313 g/mol. The summed E-state index contributed by atoms with van der Waals surface area (Å²) in [7, 11) is -3.51. The lowest BCUT2D eigenvalue weighted by Crippen LogP contribution is -2.45. The Hall–Kier alpha value is -0.880. The standard InChI is InChI=1S/C15H27N3O2S/c1-5-14-16-9-15(17-14)21(19,20)18-13-8-11(4)6-7-12(13)10(2)3/h9-13,18H,5-8H2,1-4H3,(H,16,17). The van der Waals surface area contributed by atoms with Gasteiger partial charge >= 0.3 is 0 Å². The zero-order chi connectivity index (χ0) is 15.6. The molecular weight excluding hydrogens is 286 g/mol. The summed E-state index contributed by atoms with van der Waals surface area (Å²) in [6.45, 7) is 8.49. The van der Waals surface area contributed by atoms with Crippen molar-refractivity contribution in [2.24, 2.45) is 17.8 Å². The molecule has 0 aromatic carbocycles. The van der Waals surface area contributed by atoms with E-state index >= 15 is 0 Å². The third-order valence-corrected chi connectivity index (χ3v) is 5.96. The summed E-state index contributed by atoms with van der Waals surface area (Å²) >= 11 is 0. The topological polar surface area (TPSA) is 74.8 Å². The van der Waals surface area contributed by atoms with Crippen molar-refractivity contribution >= 4 is 10.0 Å². The molecule has 0 amide bonds. The van der Waals surface area contributed by atoms with Gasteiger partial charge in [-0.1, -0.05) is 34.1 Å². The number of nitrogens with one attached hydrogen (secondary N) is 2. The van der Waals surface area contributed by atoms with Gasteiger partial charge in [-0.3, -0.25) is 0 Å². The second-order valence-electron chi connectivity index (χ2n) is 6.60. The molecule has 5 nitrogen and oxygen atoms in total. The number of H-pyrrole nitrogens is 1. The average Bonchev–Trinajstić information content (AvgIpc) is 2.87. The first-order valence-electron chi connectivity index (χ1n) is 7.89. The predicted octanol–water partition coefficient (Wildman–Crippen LogP) is 2.71. The second-order valence-corrected chi connectivity index (χ2v) is 8.28. The molecule has 1 heterocycles. The summed E-state index contributed by atoms with van der Waals surface area (Å²) < 4.78 is 28.0. The fourth-order valence-corrected chi connectivity index (χ4v) is 4.50. The van der Waals surface area contributed by atoms with E-state index in [0.29, 0.717) is 30.0 Å². The van der Waals surface area contributed by atoms with Gasteiger partial charge in [-0.25, -0.2) is 18.1 Å². The van der Waals surface area contributed by atoms with Gasteiger partial charge in [0.2, 0.25) is 0 Å². The van der Waals surface area contributed by atoms with Crippen LogP contribution in [0.5, 0.6) is 0 Å². The van der Waals surface area contributed by atoms with Crippen LogP contribution in [0.3, 0.4) is 0 Å². The van der Waals surface area contributed by atoms with E-state index in [2.05, 4.69) is 35.5 Å². The van der Waals surface area contributed by atoms with Gasteiger partial charge in [0, 0.05) is 12.5 Å². The highest BCUT2D eigenvalue weighted by Gasteiger charge is 2.34. The van der Waals surface area contributed by atoms with E-state index in [4.69, 9.17) is 0 Å². The van der Waals surface area contributed by atoms with Gasteiger partial charge in [-0.15, -0.1) is 0 Å². The van der Waals surface area contributed by atoms with Crippen LogP contribution in [0, 0.1) is 17.8 Å². The Morgan fingerprint density at radius 3 is 2.71 bits per heavy atom. The van der Waals surface area contributed by atoms with E-state index < -0.39 is 10.0 Å². The number of hydrogen-bond acceptors (Lipinski definition) is 3. The maximum Gasteiger partial charge on any atom is 0.257 e. The van der Waals surface area contributed by atoms with E-state index in [9.17, 15) is 8.42 Å². The summed E-state index contributed by atoms with van der Waals surface area (Å²) in [5.41, 5.74) is 0. The van der Waals surface area contributed by atoms with Gasteiger partial charge in [-0.2, -0.15) is 0 Å². The number of nitrogens with zero attached hydrogens (tertiary/aromatic N) is 1. The smallest absolute Gasteiger partial charge is 0.257 e. The fourth-order valence-electron chi connectivity index (χ4n) is 3.26. The number of aromatic amines is 1. The van der Waals surface area contributed by atoms with Crippen molar-refractivity contribution in [1.29, 1.82) is 0 Å². The van der Waals surface area contributed by atoms with Gasteiger partial charge in [-0.05, 0) is 30.6 Å². The molecule has 1 saturated carbocycles. The molecule has 0 aliphatic heterocycles. The van der Waals surface area contributed by atoms with Gasteiger partial charge in [0.1, 0.15) is 5.82 Å². The van der Waals surface area contributed by atoms with Crippen molar-refractivity contribution in [3.8, 4) is 0 Å². The summed E-state index contributed by atoms with van der Waals surface area (Å²) in [6.07, 6.45) is 5.31. The molecule has 0 radical (unpaired) electrons. The molecule has 0 saturated heterocycles. The van der Waals surface area contributed by atoms with Crippen molar-refractivity contribution in [1.82, 2.24) is 14.7 Å². The molecule has 1 aliphatic rings. The number of rotatable bonds is 5. The van der Waals surface area contributed by atoms with E-state index in [0.717, 1.165) is 12.8 Å². The van der Waals surface area contributed by atoms with Crippen LogP contribution >= 0.6 is 0 Å². The van der Waals surface area contributed by atoms with E-state index in [1.807, 2.05) is 6.92 Å². The quantitative estimate of drug-likeness (QED) is 0.877. The summed E-state index contributed by atoms with van der Waals surface area (Å²) in [5, 5.41) is 0.181. The Morgan fingerprint density at radius 1 is 1.43 bits per heavy atom.